The fraction of sp³-hybridized carbons (Fsp3) is 0.700. The molecule has 1 atom stereocenters. The number of methoxy groups -OCH3 is 1. The Kier molecular flexibility index (Phi) is 3.51. The molecule has 1 unspecified atom stereocenters. The SMILES string of the molecule is CCC1(C)NC(=O)N(CCC(=O)OC)C1=O. The molecule has 1 heterocycles. The summed E-state index contributed by atoms with van der Waals surface area (Å²) in [5.41, 5.74) is -0.840. The molecule has 1 saturated heterocycles. The number of hydrogen-bond acceptors (Lipinski definition) is 4. The zero-order chi connectivity index (χ0) is 12.3. The Balaban J connectivity index is 2.65. The number of imide groups is 1. The van der Waals surface area contributed by atoms with Crippen molar-refractivity contribution in [1.82, 2.24) is 10.2 Å². The molecule has 1 aliphatic rings. The van der Waals surface area contributed by atoms with Gasteiger partial charge in [0, 0.05) is 6.54 Å². The molecule has 0 aromatic heterocycles. The van der Waals surface area contributed by atoms with Crippen LogP contribution in [0.1, 0.15) is 26.7 Å². The van der Waals surface area contributed by atoms with Crippen molar-refractivity contribution < 1.29 is 19.1 Å². The molecule has 0 aliphatic carbocycles. The smallest absolute Gasteiger partial charge is 0.325 e. The molecule has 1 fully saturated rings. The van der Waals surface area contributed by atoms with E-state index in [1.165, 1.54) is 7.11 Å². The van der Waals surface area contributed by atoms with Gasteiger partial charge < -0.3 is 10.1 Å². The van der Waals surface area contributed by atoms with Crippen LogP contribution in [0.3, 0.4) is 0 Å². The maximum Gasteiger partial charge on any atom is 0.325 e. The first kappa shape index (κ1) is 12.5. The number of ether oxygens (including phenoxy) is 1. The molecule has 1 aliphatic heterocycles. The Hall–Kier alpha value is -1.59. The highest BCUT2D eigenvalue weighted by Crippen LogP contribution is 2.20. The number of nitrogens with one attached hydrogen (secondary N) is 1. The average Bonchev–Trinajstić information content (AvgIpc) is 2.48. The monoisotopic (exact) mass is 228 g/mol. The van der Waals surface area contributed by atoms with Crippen molar-refractivity contribution in [3.63, 3.8) is 0 Å². The predicted molar refractivity (Wildman–Crippen MR) is 55.6 cm³/mol. The first-order valence-corrected chi connectivity index (χ1v) is 5.15. The summed E-state index contributed by atoms with van der Waals surface area (Å²) in [5.74, 6) is -0.727. The number of carbonyl (C=O) groups is 3. The van der Waals surface area contributed by atoms with Crippen LogP contribution in [0.5, 0.6) is 0 Å². The summed E-state index contributed by atoms with van der Waals surface area (Å²) in [7, 11) is 1.27. The lowest BCUT2D eigenvalue weighted by Crippen LogP contribution is -2.43. The Morgan fingerprint density at radius 3 is 2.56 bits per heavy atom. The summed E-state index contributed by atoms with van der Waals surface area (Å²) in [5, 5.41) is 2.61. The molecule has 3 amide bonds. The molecule has 0 spiro atoms. The van der Waals surface area contributed by atoms with Crippen molar-refractivity contribution >= 4 is 17.9 Å². The van der Waals surface area contributed by atoms with Gasteiger partial charge in [0.15, 0.2) is 0 Å². The van der Waals surface area contributed by atoms with E-state index in [9.17, 15) is 14.4 Å². The van der Waals surface area contributed by atoms with Gasteiger partial charge in [0.2, 0.25) is 0 Å². The third-order valence-electron chi connectivity index (χ3n) is 2.82. The fourth-order valence-corrected chi connectivity index (χ4v) is 1.49. The minimum Gasteiger partial charge on any atom is -0.469 e. The van der Waals surface area contributed by atoms with Crippen LogP contribution >= 0.6 is 0 Å². The van der Waals surface area contributed by atoms with Crippen molar-refractivity contribution in [1.29, 1.82) is 0 Å². The first-order valence-electron chi connectivity index (χ1n) is 5.15. The van der Waals surface area contributed by atoms with Gasteiger partial charge in [0.1, 0.15) is 5.54 Å². The molecule has 0 saturated carbocycles. The highest BCUT2D eigenvalue weighted by molar-refractivity contribution is 6.06. The van der Waals surface area contributed by atoms with Crippen LogP contribution in [0.15, 0.2) is 0 Å². The summed E-state index contributed by atoms with van der Waals surface area (Å²) in [4.78, 5) is 35.3. The van der Waals surface area contributed by atoms with E-state index in [4.69, 9.17) is 0 Å². The Labute approximate surface area is 93.9 Å². The van der Waals surface area contributed by atoms with Crippen molar-refractivity contribution in [3.8, 4) is 0 Å². The molecule has 0 bridgehead atoms. The molecule has 90 valence electrons. The minimum atomic E-state index is -0.840. The molecule has 16 heavy (non-hydrogen) atoms. The largest absolute Gasteiger partial charge is 0.469 e. The molecule has 1 N–H and O–H groups in total. The van der Waals surface area contributed by atoms with E-state index in [2.05, 4.69) is 10.1 Å². The molecular formula is C10H16N2O4. The summed E-state index contributed by atoms with van der Waals surface area (Å²) >= 11 is 0. The topological polar surface area (TPSA) is 75.7 Å². The third-order valence-corrected chi connectivity index (χ3v) is 2.82. The minimum absolute atomic E-state index is 0.0233. The number of carbonyl (C=O) groups excluding carboxylic acids is 3. The lowest BCUT2D eigenvalue weighted by molar-refractivity contribution is -0.141. The number of urea groups is 1. The molecule has 0 radical (unpaired) electrons. The second-order valence-electron chi connectivity index (χ2n) is 3.90. The van der Waals surface area contributed by atoms with E-state index >= 15 is 0 Å². The van der Waals surface area contributed by atoms with Gasteiger partial charge in [-0.05, 0) is 13.3 Å². The summed E-state index contributed by atoms with van der Waals surface area (Å²) in [6.45, 7) is 3.56. The second kappa shape index (κ2) is 4.51. The van der Waals surface area contributed by atoms with Crippen LogP contribution < -0.4 is 5.32 Å². The van der Waals surface area contributed by atoms with Crippen LogP contribution in [0.2, 0.25) is 0 Å². The van der Waals surface area contributed by atoms with Gasteiger partial charge in [-0.25, -0.2) is 4.79 Å². The van der Waals surface area contributed by atoms with Crippen LogP contribution in [0.25, 0.3) is 0 Å². The van der Waals surface area contributed by atoms with Gasteiger partial charge in [-0.3, -0.25) is 14.5 Å². The van der Waals surface area contributed by atoms with Crippen molar-refractivity contribution in [2.45, 2.75) is 32.2 Å². The van der Waals surface area contributed by atoms with Gasteiger partial charge in [-0.1, -0.05) is 6.92 Å². The normalized spacial score (nSPS) is 24.6. The van der Waals surface area contributed by atoms with E-state index in [0.29, 0.717) is 6.42 Å². The predicted octanol–water partition coefficient (Wildman–Crippen LogP) is 0.270. The highest BCUT2D eigenvalue weighted by atomic mass is 16.5. The maximum absolute atomic E-state index is 11.9. The Morgan fingerprint density at radius 1 is 1.50 bits per heavy atom. The number of hydrogen-bond donors (Lipinski definition) is 1. The lowest BCUT2D eigenvalue weighted by Gasteiger charge is -2.18. The average molecular weight is 228 g/mol. The third kappa shape index (κ3) is 2.15. The lowest BCUT2D eigenvalue weighted by atomic mass is 9.99. The highest BCUT2D eigenvalue weighted by Gasteiger charge is 2.46. The van der Waals surface area contributed by atoms with Crippen LogP contribution in [-0.4, -0.2) is 42.0 Å². The van der Waals surface area contributed by atoms with E-state index in [0.717, 1.165) is 4.90 Å². The molecule has 6 heteroatoms. The van der Waals surface area contributed by atoms with Gasteiger partial charge in [0.25, 0.3) is 5.91 Å². The first-order chi connectivity index (χ1) is 7.44. The molecular weight excluding hydrogens is 212 g/mol. The van der Waals surface area contributed by atoms with E-state index in [1.807, 2.05) is 6.92 Å². The second-order valence-corrected chi connectivity index (χ2v) is 3.90. The number of esters is 1. The van der Waals surface area contributed by atoms with Crippen LogP contribution in [0.4, 0.5) is 4.79 Å². The zero-order valence-electron chi connectivity index (χ0n) is 9.70. The van der Waals surface area contributed by atoms with Gasteiger partial charge in [-0.15, -0.1) is 0 Å². The van der Waals surface area contributed by atoms with Crippen LogP contribution in [-0.2, 0) is 14.3 Å². The summed E-state index contributed by atoms with van der Waals surface area (Å²) in [6, 6.07) is -0.446. The van der Waals surface area contributed by atoms with Crippen molar-refractivity contribution in [2.24, 2.45) is 0 Å². The Bertz CT molecular complexity index is 329. The van der Waals surface area contributed by atoms with E-state index < -0.39 is 17.5 Å². The maximum atomic E-state index is 11.9. The number of nitrogens with zero attached hydrogens (tertiary/aromatic N) is 1. The number of rotatable bonds is 4. The van der Waals surface area contributed by atoms with Crippen molar-refractivity contribution in [2.75, 3.05) is 13.7 Å². The van der Waals surface area contributed by atoms with Gasteiger partial charge in [0.05, 0.1) is 13.5 Å². The molecule has 1 rings (SSSR count). The number of amides is 3. The Morgan fingerprint density at radius 2 is 2.12 bits per heavy atom. The zero-order valence-corrected chi connectivity index (χ0v) is 9.70. The molecule has 6 nitrogen and oxygen atoms in total. The quantitative estimate of drug-likeness (QED) is 0.553. The van der Waals surface area contributed by atoms with E-state index in [1.54, 1.807) is 6.92 Å². The van der Waals surface area contributed by atoms with Crippen molar-refractivity contribution in [3.05, 3.63) is 0 Å². The standard InChI is InChI=1S/C10H16N2O4/c1-4-10(2)8(14)12(9(15)11-10)6-5-7(13)16-3/h4-6H2,1-3H3,(H,11,15). The fourth-order valence-electron chi connectivity index (χ4n) is 1.49. The van der Waals surface area contributed by atoms with Crippen LogP contribution in [0, 0.1) is 0 Å². The summed E-state index contributed by atoms with van der Waals surface area (Å²) < 4.78 is 4.45. The van der Waals surface area contributed by atoms with Gasteiger partial charge >= 0.3 is 12.0 Å². The van der Waals surface area contributed by atoms with Gasteiger partial charge in [-0.2, -0.15) is 0 Å². The summed E-state index contributed by atoms with van der Waals surface area (Å²) in [6.07, 6.45) is 0.543. The van der Waals surface area contributed by atoms with E-state index in [-0.39, 0.29) is 18.9 Å². The molecule has 0 aromatic carbocycles. The molecule has 0 aromatic rings.